The van der Waals surface area contributed by atoms with Crippen LogP contribution in [-0.4, -0.2) is 70.9 Å². The zero-order valence-electron chi connectivity index (χ0n) is 20.5. The van der Waals surface area contributed by atoms with Crippen molar-refractivity contribution < 1.29 is 24.2 Å². The van der Waals surface area contributed by atoms with Gasteiger partial charge in [-0.15, -0.1) is 0 Å². The topological polar surface area (TPSA) is 101 Å². The van der Waals surface area contributed by atoms with Crippen LogP contribution >= 0.6 is 0 Å². The van der Waals surface area contributed by atoms with Gasteiger partial charge < -0.3 is 24.8 Å². The molecule has 0 spiro atoms. The van der Waals surface area contributed by atoms with Gasteiger partial charge in [-0.25, -0.2) is 0 Å². The number of anilines is 1. The Kier molecular flexibility index (Phi) is 7.89. The Bertz CT molecular complexity index is 1190. The minimum Gasteiger partial charge on any atom is -0.389 e. The third-order valence-corrected chi connectivity index (χ3v) is 6.84. The van der Waals surface area contributed by atoms with Crippen molar-refractivity contribution in [1.82, 2.24) is 9.88 Å². The lowest BCUT2D eigenvalue weighted by Gasteiger charge is -2.44. The normalized spacial score (nSPS) is 23.9. The van der Waals surface area contributed by atoms with Crippen molar-refractivity contribution in [2.45, 2.75) is 43.6 Å². The number of amides is 2. The number of carbonyl (C=O) groups excluding carboxylic acids is 2. The van der Waals surface area contributed by atoms with E-state index in [0.717, 1.165) is 16.8 Å². The number of ether oxygens (including phenoxy) is 2. The molecule has 2 amide bonds. The van der Waals surface area contributed by atoms with Gasteiger partial charge >= 0.3 is 0 Å². The van der Waals surface area contributed by atoms with Crippen LogP contribution in [0.25, 0.3) is 11.1 Å². The van der Waals surface area contributed by atoms with E-state index in [1.165, 1.54) is 6.20 Å². The summed E-state index contributed by atoms with van der Waals surface area (Å²) in [6.45, 7) is 0.521. The summed E-state index contributed by atoms with van der Waals surface area (Å²) in [5, 5.41) is 13.3. The molecule has 2 fully saturated rings. The summed E-state index contributed by atoms with van der Waals surface area (Å²) in [4.78, 5) is 31.8. The summed E-state index contributed by atoms with van der Waals surface area (Å²) in [5.41, 5.74) is 3.40. The molecule has 5 rings (SSSR count). The van der Waals surface area contributed by atoms with Crippen LogP contribution in [0.1, 0.15) is 29.6 Å². The molecule has 8 heteroatoms. The molecule has 2 N–H and O–H groups in total. The number of hydrogen-bond donors (Lipinski definition) is 2. The highest BCUT2D eigenvalue weighted by Gasteiger charge is 2.40. The molecule has 0 saturated carbocycles. The molecule has 37 heavy (non-hydrogen) atoms. The van der Waals surface area contributed by atoms with Gasteiger partial charge in [0, 0.05) is 24.6 Å². The average molecular weight is 502 g/mol. The number of aromatic nitrogens is 1. The van der Waals surface area contributed by atoms with Crippen molar-refractivity contribution in [3.63, 3.8) is 0 Å². The van der Waals surface area contributed by atoms with Crippen LogP contribution in [-0.2, 0) is 14.3 Å². The number of fused-ring (bicyclic) bond motifs is 1. The molecule has 2 aromatic carbocycles. The molecule has 1 aromatic heterocycles. The van der Waals surface area contributed by atoms with E-state index < -0.39 is 6.10 Å². The fourth-order valence-electron chi connectivity index (χ4n) is 5.02. The lowest BCUT2D eigenvalue weighted by molar-refractivity contribution is -0.149. The predicted octanol–water partition coefficient (Wildman–Crippen LogP) is 3.53. The Balaban J connectivity index is 1.20. The van der Waals surface area contributed by atoms with Gasteiger partial charge in [0.2, 0.25) is 5.91 Å². The first kappa shape index (κ1) is 25.1. The quantitative estimate of drug-likeness (QED) is 0.555. The predicted molar refractivity (Wildman–Crippen MR) is 139 cm³/mol. The summed E-state index contributed by atoms with van der Waals surface area (Å²) in [5.74, 6) is -0.316. The van der Waals surface area contributed by atoms with Crippen LogP contribution in [0.15, 0.2) is 79.1 Å². The average Bonchev–Trinajstić information content (AvgIpc) is 2.92. The second-order valence-electron chi connectivity index (χ2n) is 9.53. The number of rotatable bonds is 5. The van der Waals surface area contributed by atoms with E-state index in [1.54, 1.807) is 23.2 Å². The number of carbonyl (C=O) groups is 2. The maximum absolute atomic E-state index is 13.3. The maximum atomic E-state index is 13.3. The fraction of sp³-hybridized carbons (Fsp3) is 0.345. The first-order valence-electron chi connectivity index (χ1n) is 12.6. The highest BCUT2D eigenvalue weighted by molar-refractivity contribution is 5.94. The SMILES string of the molecule is O=C(C[C@H]1CC[C@@H]2[C@H](COC[C@@H](O)CN2C(=O)c2cccnc2)O1)Nc1ccc(-c2ccccc2)cc1. The Hall–Kier alpha value is -3.59. The van der Waals surface area contributed by atoms with E-state index in [2.05, 4.69) is 10.3 Å². The first-order chi connectivity index (χ1) is 18.1. The van der Waals surface area contributed by atoms with Gasteiger partial charge in [-0.3, -0.25) is 14.6 Å². The number of benzene rings is 2. The molecule has 0 aliphatic carbocycles. The third kappa shape index (κ3) is 6.22. The minimum absolute atomic E-state index is 0.119. The van der Waals surface area contributed by atoms with E-state index in [0.29, 0.717) is 18.4 Å². The Morgan fingerprint density at radius 3 is 2.51 bits per heavy atom. The van der Waals surface area contributed by atoms with Crippen molar-refractivity contribution in [2.24, 2.45) is 0 Å². The van der Waals surface area contributed by atoms with E-state index in [-0.39, 0.29) is 56.2 Å². The monoisotopic (exact) mass is 501 g/mol. The number of aliphatic hydroxyl groups excluding tert-OH is 1. The summed E-state index contributed by atoms with van der Waals surface area (Å²) in [7, 11) is 0. The molecular weight excluding hydrogens is 470 g/mol. The number of aliphatic hydroxyl groups is 1. The number of β-amino-alcohol motifs (C(OH)–C–C–N with tert-alkyl or cyclic N) is 1. The van der Waals surface area contributed by atoms with E-state index >= 15 is 0 Å². The molecule has 192 valence electrons. The summed E-state index contributed by atoms with van der Waals surface area (Å²) in [6, 6.07) is 21.0. The Morgan fingerprint density at radius 2 is 1.76 bits per heavy atom. The number of pyridine rings is 1. The highest BCUT2D eigenvalue weighted by Crippen LogP contribution is 2.29. The molecule has 0 unspecified atom stereocenters. The van der Waals surface area contributed by atoms with Crippen LogP contribution in [0.3, 0.4) is 0 Å². The number of hydrogen-bond acceptors (Lipinski definition) is 6. The van der Waals surface area contributed by atoms with Gasteiger partial charge in [-0.05, 0) is 48.2 Å². The molecule has 3 aromatic rings. The molecular formula is C29H31N3O5. The largest absolute Gasteiger partial charge is 0.389 e. The van der Waals surface area contributed by atoms with Crippen LogP contribution < -0.4 is 5.32 Å². The van der Waals surface area contributed by atoms with E-state index in [4.69, 9.17) is 9.47 Å². The van der Waals surface area contributed by atoms with Crippen molar-refractivity contribution in [1.29, 1.82) is 0 Å². The maximum Gasteiger partial charge on any atom is 0.255 e. The van der Waals surface area contributed by atoms with Crippen LogP contribution in [0.5, 0.6) is 0 Å². The fourth-order valence-corrected chi connectivity index (χ4v) is 5.02. The van der Waals surface area contributed by atoms with Gasteiger partial charge in [0.1, 0.15) is 6.10 Å². The Labute approximate surface area is 216 Å². The minimum atomic E-state index is -0.779. The molecule has 8 nitrogen and oxygen atoms in total. The lowest BCUT2D eigenvalue weighted by atomic mass is 9.94. The molecule has 3 heterocycles. The number of nitrogens with one attached hydrogen (secondary N) is 1. The van der Waals surface area contributed by atoms with Crippen LogP contribution in [0.2, 0.25) is 0 Å². The molecule has 0 radical (unpaired) electrons. The Morgan fingerprint density at radius 1 is 0.973 bits per heavy atom. The van der Waals surface area contributed by atoms with Crippen LogP contribution in [0, 0.1) is 0 Å². The van der Waals surface area contributed by atoms with E-state index in [9.17, 15) is 14.7 Å². The molecule has 2 aliphatic rings. The van der Waals surface area contributed by atoms with Crippen molar-refractivity contribution in [2.75, 3.05) is 25.1 Å². The van der Waals surface area contributed by atoms with Crippen molar-refractivity contribution in [3.8, 4) is 11.1 Å². The van der Waals surface area contributed by atoms with Gasteiger partial charge in [0.15, 0.2) is 0 Å². The summed E-state index contributed by atoms with van der Waals surface area (Å²) >= 11 is 0. The second kappa shape index (κ2) is 11.6. The van der Waals surface area contributed by atoms with Gasteiger partial charge in [0.25, 0.3) is 5.91 Å². The third-order valence-electron chi connectivity index (χ3n) is 6.84. The van der Waals surface area contributed by atoms with Crippen molar-refractivity contribution in [3.05, 3.63) is 84.7 Å². The number of nitrogens with zero attached hydrogens (tertiary/aromatic N) is 2. The summed E-state index contributed by atoms with van der Waals surface area (Å²) < 4.78 is 11.9. The molecule has 2 saturated heterocycles. The summed E-state index contributed by atoms with van der Waals surface area (Å²) in [6.07, 6.45) is 3.18. The highest BCUT2D eigenvalue weighted by atomic mass is 16.5. The molecule has 2 aliphatic heterocycles. The lowest BCUT2D eigenvalue weighted by Crippen LogP contribution is -2.57. The zero-order valence-corrected chi connectivity index (χ0v) is 20.5. The standard InChI is InChI=1S/C29H31N3O5/c33-24-17-32(29(35)22-7-4-14-30-16-22)26-13-12-25(37-27(26)19-36-18-24)15-28(34)31-23-10-8-21(9-11-23)20-5-2-1-3-6-20/h1-11,14,16,24-27,33H,12-13,15,17-19H2,(H,31,34)/t24-,25+,26+,27-/m0/s1. The smallest absolute Gasteiger partial charge is 0.255 e. The van der Waals surface area contributed by atoms with Gasteiger partial charge in [0.05, 0.1) is 43.4 Å². The first-order valence-corrected chi connectivity index (χ1v) is 12.6. The van der Waals surface area contributed by atoms with E-state index in [1.807, 2.05) is 54.6 Å². The van der Waals surface area contributed by atoms with Crippen LogP contribution in [0.4, 0.5) is 5.69 Å². The second-order valence-corrected chi connectivity index (χ2v) is 9.53. The molecule has 0 bridgehead atoms. The zero-order chi connectivity index (χ0) is 25.6. The van der Waals surface area contributed by atoms with Crippen molar-refractivity contribution >= 4 is 17.5 Å². The molecule has 4 atom stereocenters. The van der Waals surface area contributed by atoms with Gasteiger partial charge in [-0.2, -0.15) is 0 Å². The van der Waals surface area contributed by atoms with Gasteiger partial charge in [-0.1, -0.05) is 42.5 Å².